The van der Waals surface area contributed by atoms with Gasteiger partial charge < -0.3 is 15.2 Å². The van der Waals surface area contributed by atoms with Crippen molar-refractivity contribution in [2.24, 2.45) is 12.5 Å². The van der Waals surface area contributed by atoms with Gasteiger partial charge in [-0.2, -0.15) is 18.4 Å². The van der Waals surface area contributed by atoms with Gasteiger partial charge in [0.15, 0.2) is 5.54 Å². The molecule has 1 aliphatic rings. The lowest BCUT2D eigenvalue weighted by Gasteiger charge is -2.23. The Labute approximate surface area is 250 Å². The highest BCUT2D eigenvalue weighted by Gasteiger charge is 2.66. The molecular weight excluding hydrogens is 579 g/mol. The molecule has 0 aliphatic heterocycles. The van der Waals surface area contributed by atoms with Crippen molar-refractivity contribution in [1.29, 1.82) is 5.26 Å². The summed E-state index contributed by atoms with van der Waals surface area (Å²) in [4.78, 5) is 8.91. The fraction of sp³-hybridized carbons (Fsp3) is 0.367. The molecule has 9 nitrogen and oxygen atoms in total. The van der Waals surface area contributed by atoms with E-state index in [0.29, 0.717) is 50.7 Å². The van der Waals surface area contributed by atoms with Crippen molar-refractivity contribution in [2.75, 3.05) is 17.2 Å². The zero-order valence-electron chi connectivity index (χ0n) is 24.0. The average molecular weight is 608 g/mol. The lowest BCUT2D eigenvalue weighted by Crippen LogP contribution is -2.35. The molecule has 0 radical (unpaired) electrons. The largest absolute Gasteiger partial charge is 0.413 e. The number of nitriles is 1. The van der Waals surface area contributed by atoms with Gasteiger partial charge in [-0.05, 0) is 48.1 Å². The van der Waals surface area contributed by atoms with Crippen molar-refractivity contribution in [1.82, 2.24) is 29.5 Å². The third kappa shape index (κ3) is 5.12. The van der Waals surface area contributed by atoms with Gasteiger partial charge in [-0.1, -0.05) is 37.6 Å². The minimum Gasteiger partial charge on any atom is -0.383 e. The maximum Gasteiger partial charge on any atom is 0.413 e. The van der Waals surface area contributed by atoms with Crippen molar-refractivity contribution < 1.29 is 13.2 Å². The van der Waals surface area contributed by atoms with Crippen LogP contribution < -0.4 is 10.6 Å². The van der Waals surface area contributed by atoms with Crippen LogP contribution in [0.2, 0.25) is 5.02 Å². The van der Waals surface area contributed by atoms with Crippen LogP contribution in [-0.2, 0) is 12.6 Å². The fourth-order valence-corrected chi connectivity index (χ4v) is 5.53. The molecule has 0 bridgehead atoms. The number of aromatic nitrogens is 6. The van der Waals surface area contributed by atoms with Crippen molar-refractivity contribution >= 4 is 44.9 Å². The van der Waals surface area contributed by atoms with Gasteiger partial charge in [-0.3, -0.25) is 4.98 Å². The molecule has 222 valence electrons. The van der Waals surface area contributed by atoms with Crippen LogP contribution in [0, 0.1) is 16.7 Å². The fourth-order valence-electron chi connectivity index (χ4n) is 5.27. The summed E-state index contributed by atoms with van der Waals surface area (Å²) in [5.74, 6) is 0. The number of pyridine rings is 2. The first-order valence-corrected chi connectivity index (χ1v) is 14.1. The van der Waals surface area contributed by atoms with Crippen LogP contribution >= 0.6 is 11.6 Å². The Hall–Kier alpha value is -4.37. The van der Waals surface area contributed by atoms with Gasteiger partial charge in [0.25, 0.3) is 0 Å². The molecule has 0 spiro atoms. The summed E-state index contributed by atoms with van der Waals surface area (Å²) in [6, 6.07) is 8.74. The van der Waals surface area contributed by atoms with E-state index >= 15 is 0 Å². The first-order valence-electron chi connectivity index (χ1n) is 13.7. The number of anilines is 2. The molecular formula is C30H29ClF3N9. The topological polar surface area (TPSA) is 109 Å². The number of benzene rings is 1. The third-order valence-corrected chi connectivity index (χ3v) is 8.05. The van der Waals surface area contributed by atoms with Crippen molar-refractivity contribution in [3.05, 3.63) is 70.9 Å². The monoisotopic (exact) mass is 607 g/mol. The number of alkyl halides is 3. The second-order valence-electron chi connectivity index (χ2n) is 12.2. The maximum absolute atomic E-state index is 13.9. The second kappa shape index (κ2) is 10.1. The molecule has 1 atom stereocenters. The molecule has 4 aromatic heterocycles. The summed E-state index contributed by atoms with van der Waals surface area (Å²) in [5, 5.41) is 26.6. The van der Waals surface area contributed by atoms with Crippen LogP contribution in [0.15, 0.2) is 49.1 Å². The first-order chi connectivity index (χ1) is 20.3. The van der Waals surface area contributed by atoms with Gasteiger partial charge in [-0.15, -0.1) is 5.10 Å². The Morgan fingerprint density at radius 3 is 2.58 bits per heavy atom. The zero-order valence-corrected chi connectivity index (χ0v) is 24.7. The van der Waals surface area contributed by atoms with Crippen LogP contribution in [0.5, 0.6) is 0 Å². The van der Waals surface area contributed by atoms with E-state index in [1.807, 2.05) is 36.0 Å². The Balaban J connectivity index is 1.48. The van der Waals surface area contributed by atoms with E-state index in [9.17, 15) is 18.4 Å². The van der Waals surface area contributed by atoms with Crippen LogP contribution in [0.4, 0.5) is 24.5 Å². The van der Waals surface area contributed by atoms with E-state index in [0.717, 1.165) is 15.6 Å². The number of hydrogen-bond acceptors (Lipinski definition) is 7. The highest BCUT2D eigenvalue weighted by atomic mass is 35.5. The molecule has 1 aliphatic carbocycles. The van der Waals surface area contributed by atoms with Gasteiger partial charge in [0.2, 0.25) is 0 Å². The summed E-state index contributed by atoms with van der Waals surface area (Å²) in [6.07, 6.45) is 1.83. The standard InChI is InChI=1S/C30H29ClF3N9/c1-28(2,3)16-38-24-17(13-35)14-37-25-21(24)11-18(12-22(25)31)39-26(19-5-9-36-27-20(19)6-10-42(27)4)23-15-43(41-40-23)29(7-8-29)30(32,33)34/h5-6,9-12,14-15,26,39H,7-8,16H2,1-4H3,(H,37,38)/t26-/m0/s1. The third-order valence-electron chi connectivity index (χ3n) is 7.76. The number of aryl methyl sites for hydroxylation is 1. The lowest BCUT2D eigenvalue weighted by molar-refractivity contribution is -0.182. The molecule has 43 heavy (non-hydrogen) atoms. The Morgan fingerprint density at radius 1 is 1.14 bits per heavy atom. The lowest BCUT2D eigenvalue weighted by atomic mass is 9.96. The quantitative estimate of drug-likeness (QED) is 0.206. The SMILES string of the molecule is Cn1ccc2c([C@H](Nc3cc(Cl)c4ncc(C#N)c(NCC(C)(C)C)c4c3)c3cn(C4(C(F)(F)F)CC4)nn3)ccnc21. The van der Waals surface area contributed by atoms with Crippen LogP contribution in [0.25, 0.3) is 21.9 Å². The molecule has 2 N–H and O–H groups in total. The number of halogens is 4. The Morgan fingerprint density at radius 2 is 1.91 bits per heavy atom. The smallest absolute Gasteiger partial charge is 0.383 e. The average Bonchev–Trinajstić information content (AvgIpc) is 3.49. The molecule has 5 aromatic rings. The number of nitrogens with zero attached hydrogens (tertiary/aromatic N) is 7. The van der Waals surface area contributed by atoms with E-state index in [4.69, 9.17) is 11.6 Å². The molecule has 0 amide bonds. The molecule has 4 heterocycles. The van der Waals surface area contributed by atoms with E-state index < -0.39 is 17.8 Å². The van der Waals surface area contributed by atoms with Crippen LogP contribution in [0.1, 0.15) is 56.5 Å². The van der Waals surface area contributed by atoms with E-state index in [1.54, 1.807) is 12.3 Å². The van der Waals surface area contributed by atoms with E-state index in [1.165, 1.54) is 12.4 Å². The second-order valence-corrected chi connectivity index (χ2v) is 12.6. The van der Waals surface area contributed by atoms with Crippen molar-refractivity contribution in [2.45, 2.75) is 51.4 Å². The summed E-state index contributed by atoms with van der Waals surface area (Å²) in [5.41, 5.74) is 1.69. The summed E-state index contributed by atoms with van der Waals surface area (Å²) < 4.78 is 44.6. The first kappa shape index (κ1) is 28.7. The molecule has 6 rings (SSSR count). The summed E-state index contributed by atoms with van der Waals surface area (Å²) >= 11 is 6.73. The number of rotatable bonds is 7. The van der Waals surface area contributed by atoms with E-state index in [2.05, 4.69) is 57.8 Å². The minimum atomic E-state index is -4.45. The van der Waals surface area contributed by atoms with E-state index in [-0.39, 0.29) is 18.3 Å². The number of nitrogens with one attached hydrogen (secondary N) is 2. The summed E-state index contributed by atoms with van der Waals surface area (Å²) in [7, 11) is 1.87. The van der Waals surface area contributed by atoms with Gasteiger partial charge in [0.1, 0.15) is 17.4 Å². The highest BCUT2D eigenvalue weighted by molar-refractivity contribution is 6.35. The molecule has 0 unspecified atom stereocenters. The number of fused-ring (bicyclic) bond motifs is 2. The summed E-state index contributed by atoms with van der Waals surface area (Å²) in [6.45, 7) is 6.83. The van der Waals surface area contributed by atoms with Crippen molar-refractivity contribution in [3.8, 4) is 6.07 Å². The van der Waals surface area contributed by atoms with Gasteiger partial charge in [-0.25, -0.2) is 9.67 Å². The van der Waals surface area contributed by atoms with Gasteiger partial charge >= 0.3 is 6.18 Å². The molecule has 1 fully saturated rings. The van der Waals surface area contributed by atoms with Gasteiger partial charge in [0.05, 0.1) is 34.0 Å². The normalized spacial score (nSPS) is 15.4. The molecule has 1 aromatic carbocycles. The Kier molecular flexibility index (Phi) is 6.76. The molecule has 13 heteroatoms. The molecule has 0 saturated heterocycles. The zero-order chi connectivity index (χ0) is 30.7. The highest BCUT2D eigenvalue weighted by Crippen LogP contribution is 2.55. The maximum atomic E-state index is 13.9. The van der Waals surface area contributed by atoms with Gasteiger partial charge in [0, 0.05) is 48.6 Å². The number of hydrogen-bond donors (Lipinski definition) is 2. The van der Waals surface area contributed by atoms with Crippen molar-refractivity contribution in [3.63, 3.8) is 0 Å². The molecule has 1 saturated carbocycles. The predicted molar refractivity (Wildman–Crippen MR) is 159 cm³/mol. The van der Waals surface area contributed by atoms with Crippen LogP contribution in [0.3, 0.4) is 0 Å². The predicted octanol–water partition coefficient (Wildman–Crippen LogP) is 6.95. The minimum absolute atomic E-state index is 0.0472. The van der Waals surface area contributed by atoms with Crippen LogP contribution in [-0.4, -0.2) is 42.2 Å². The Bertz CT molecular complexity index is 1890.